The van der Waals surface area contributed by atoms with E-state index in [4.69, 9.17) is 0 Å². The van der Waals surface area contributed by atoms with Crippen molar-refractivity contribution in [3.8, 4) is 0 Å². The van der Waals surface area contributed by atoms with Crippen molar-refractivity contribution in [2.75, 3.05) is 0 Å². The van der Waals surface area contributed by atoms with Crippen LogP contribution in [0.3, 0.4) is 0 Å². The third kappa shape index (κ3) is 6.15. The van der Waals surface area contributed by atoms with Crippen LogP contribution in [0.4, 0.5) is 0 Å². The smallest absolute Gasteiger partial charge is 0.545 e. The van der Waals surface area contributed by atoms with E-state index in [2.05, 4.69) is 6.58 Å². The molecule has 0 unspecified atom stereocenters. The fourth-order valence-corrected chi connectivity index (χ4v) is 0. The van der Waals surface area contributed by atoms with E-state index in [1.807, 2.05) is 0 Å². The van der Waals surface area contributed by atoms with Gasteiger partial charge in [0, 0.05) is 0 Å². The molecule has 0 spiro atoms. The molecule has 0 aromatic rings. The molecule has 0 N–H and O–H groups in total. The van der Waals surface area contributed by atoms with E-state index in [0.29, 0.717) is 0 Å². The predicted octanol–water partition coefficient (Wildman–Crippen LogP) is -0.690. The quantitative estimate of drug-likeness (QED) is 0.473. The molecule has 0 aliphatic carbocycles. The van der Waals surface area contributed by atoms with Gasteiger partial charge in [-0.25, -0.2) is 0 Å². The predicted molar refractivity (Wildman–Crippen MR) is 19.8 cm³/mol. The maximum Gasteiger partial charge on any atom is 1.00 e. The van der Waals surface area contributed by atoms with Gasteiger partial charge in [0.25, 0.3) is 0 Å². The summed E-state index contributed by atoms with van der Waals surface area (Å²) in [6.45, 7) is 4.48. The summed E-state index contributed by atoms with van der Waals surface area (Å²) in [5.74, 6) is -1.19. The number of hydrogen-bond acceptors (Lipinski definition) is 2. The van der Waals surface area contributed by atoms with E-state index >= 15 is 0 Å². The molecule has 0 amide bonds. The number of carboxylic acids is 1. The summed E-state index contributed by atoms with van der Waals surface area (Å²) in [5, 5.41) is 9.49. The number of aliphatic carboxylic acids is 1. The Hall–Kier alpha value is 0.145. The molecule has 0 aromatic heterocycles. The van der Waals surface area contributed by atoms with E-state index in [1.54, 1.807) is 0 Å². The number of carbonyl (C=O) groups excluding carboxylic acids is 1. The van der Waals surface area contributed by atoms with Crippen LogP contribution in [-0.2, 0) is 32.5 Å². The maximum atomic E-state index is 9.49. The average molecular weight is 286 g/mol. The van der Waals surface area contributed by atoms with Gasteiger partial charge in [-0.15, -0.1) is 0 Å². The number of rotatable bonds is 1. The molecular formula is C4H5HgO2. The van der Waals surface area contributed by atoms with Crippen LogP contribution in [0.25, 0.3) is 0 Å². The van der Waals surface area contributed by atoms with E-state index in [9.17, 15) is 9.90 Å². The Bertz CT molecular complexity index is 75.7. The molecule has 0 fully saturated rings. The minimum Gasteiger partial charge on any atom is -0.545 e. The van der Waals surface area contributed by atoms with E-state index in [1.165, 1.54) is 6.92 Å². The van der Waals surface area contributed by atoms with E-state index in [-0.39, 0.29) is 33.2 Å². The zero-order chi connectivity index (χ0) is 5.15. The van der Waals surface area contributed by atoms with Crippen molar-refractivity contribution in [3.05, 3.63) is 12.2 Å². The normalized spacial score (nSPS) is 6.43. The Morgan fingerprint density at radius 1 is 1.71 bits per heavy atom. The number of carbonyl (C=O) groups is 1. The van der Waals surface area contributed by atoms with Crippen molar-refractivity contribution >= 4 is 5.97 Å². The summed E-state index contributed by atoms with van der Waals surface area (Å²) in [5.41, 5.74) is 0.0648. The Kier molecular flexibility index (Phi) is 6.27. The summed E-state index contributed by atoms with van der Waals surface area (Å²) >= 11 is 0. The van der Waals surface area contributed by atoms with Crippen LogP contribution >= 0.6 is 0 Å². The monoisotopic (exact) mass is 287 g/mol. The first-order chi connectivity index (χ1) is 2.64. The van der Waals surface area contributed by atoms with Gasteiger partial charge in [-0.05, 0) is 12.5 Å². The van der Waals surface area contributed by atoms with Crippen LogP contribution in [0, 0.1) is 0 Å². The molecule has 7 heavy (non-hydrogen) atoms. The summed E-state index contributed by atoms with van der Waals surface area (Å²) in [7, 11) is 0. The van der Waals surface area contributed by atoms with Gasteiger partial charge in [0.2, 0.25) is 0 Å². The summed E-state index contributed by atoms with van der Waals surface area (Å²) in [6, 6.07) is 0. The second-order valence-electron chi connectivity index (χ2n) is 1.07. The maximum absolute atomic E-state index is 9.49. The molecule has 0 heterocycles. The topological polar surface area (TPSA) is 40.1 Å². The van der Waals surface area contributed by atoms with Crippen molar-refractivity contribution < 1.29 is 37.6 Å². The molecule has 3 heteroatoms. The number of hydrogen-bond donors (Lipinski definition) is 0. The SMILES string of the molecule is C=C(C)C(=O)[O-].[Hg+]. The Morgan fingerprint density at radius 3 is 1.86 bits per heavy atom. The fraction of sp³-hybridized carbons (Fsp3) is 0.250. The standard InChI is InChI=1S/C4H6O2.Hg/c1-3(2)4(5)6;/h1H2,2H3,(H,5,6);/q;+1/p-1. The second-order valence-corrected chi connectivity index (χ2v) is 1.07. The molecule has 0 aromatic carbocycles. The molecule has 0 aliphatic rings. The molecular weight excluding hydrogens is 281 g/mol. The largest absolute Gasteiger partial charge is 1.00 e. The molecule has 0 aliphatic heterocycles. The van der Waals surface area contributed by atoms with Crippen LogP contribution in [-0.4, -0.2) is 5.97 Å². The van der Waals surface area contributed by atoms with Gasteiger partial charge in [0.1, 0.15) is 0 Å². The van der Waals surface area contributed by atoms with Crippen LogP contribution < -0.4 is 5.11 Å². The van der Waals surface area contributed by atoms with Gasteiger partial charge < -0.3 is 9.90 Å². The van der Waals surface area contributed by atoms with Crippen molar-refractivity contribution in [2.45, 2.75) is 6.92 Å². The van der Waals surface area contributed by atoms with E-state index < -0.39 is 5.97 Å². The summed E-state index contributed by atoms with van der Waals surface area (Å²) in [6.07, 6.45) is 0. The molecule has 0 saturated heterocycles. The molecule has 0 bridgehead atoms. The van der Waals surface area contributed by atoms with Crippen molar-refractivity contribution in [1.29, 1.82) is 0 Å². The molecule has 0 atom stereocenters. The Morgan fingerprint density at radius 2 is 1.86 bits per heavy atom. The zero-order valence-corrected chi connectivity index (χ0v) is 9.73. The van der Waals surface area contributed by atoms with Gasteiger partial charge in [0.15, 0.2) is 0 Å². The molecule has 0 saturated carbocycles. The van der Waals surface area contributed by atoms with Crippen molar-refractivity contribution in [3.63, 3.8) is 0 Å². The van der Waals surface area contributed by atoms with Gasteiger partial charge in [0.05, 0.1) is 5.97 Å². The van der Waals surface area contributed by atoms with Crippen LogP contribution in [0.2, 0.25) is 0 Å². The molecule has 1 radical (unpaired) electrons. The van der Waals surface area contributed by atoms with Crippen molar-refractivity contribution in [1.82, 2.24) is 0 Å². The third-order valence-electron chi connectivity index (χ3n) is 0.348. The van der Waals surface area contributed by atoms with Gasteiger partial charge in [-0.2, -0.15) is 0 Å². The molecule has 2 nitrogen and oxygen atoms in total. The first-order valence-corrected chi connectivity index (χ1v) is 1.51. The van der Waals surface area contributed by atoms with Gasteiger partial charge in [-0.1, -0.05) is 6.58 Å². The fourth-order valence-electron chi connectivity index (χ4n) is 0. The first kappa shape index (κ1) is 10.2. The molecule has 35 valence electrons. The minimum atomic E-state index is -1.19. The Balaban J connectivity index is 0. The number of carboxylic acid groups (broad SMARTS) is 1. The van der Waals surface area contributed by atoms with Crippen LogP contribution in [0.1, 0.15) is 6.92 Å². The first-order valence-electron chi connectivity index (χ1n) is 1.51. The zero-order valence-electron chi connectivity index (χ0n) is 4.23. The third-order valence-corrected chi connectivity index (χ3v) is 0.348. The molecule has 0 rings (SSSR count). The Labute approximate surface area is 62.7 Å². The van der Waals surface area contributed by atoms with E-state index in [0.717, 1.165) is 0 Å². The van der Waals surface area contributed by atoms with Crippen molar-refractivity contribution in [2.24, 2.45) is 0 Å². The van der Waals surface area contributed by atoms with Gasteiger partial charge in [-0.3, -0.25) is 0 Å². The summed E-state index contributed by atoms with van der Waals surface area (Å²) < 4.78 is 0. The second kappa shape index (κ2) is 4.31. The summed E-state index contributed by atoms with van der Waals surface area (Å²) in [4.78, 5) is 9.49. The van der Waals surface area contributed by atoms with Gasteiger partial charge >= 0.3 is 27.7 Å². The van der Waals surface area contributed by atoms with Crippen LogP contribution in [0.15, 0.2) is 12.2 Å². The van der Waals surface area contributed by atoms with Crippen LogP contribution in [0.5, 0.6) is 0 Å². The average Bonchev–Trinajstić information content (AvgIpc) is 1.36. The minimum absolute atomic E-state index is 0.